The maximum Gasteiger partial charge on any atom is 0.173 e. The standard InChI is InChI=1S/C13H8BrCl2FN2O2/c14-8-4-9(16)10(17)5-12(8)21-11-3-6(15)1-2-7(11)13(18)19-20/h1-5,20H,(H2,18,19). The van der Waals surface area contributed by atoms with E-state index in [1.807, 2.05) is 0 Å². The van der Waals surface area contributed by atoms with Gasteiger partial charge in [0.15, 0.2) is 5.84 Å². The second-order valence-corrected chi connectivity index (χ2v) is 5.62. The van der Waals surface area contributed by atoms with Crippen molar-refractivity contribution in [3.8, 4) is 11.5 Å². The van der Waals surface area contributed by atoms with Crippen LogP contribution in [0.4, 0.5) is 4.39 Å². The summed E-state index contributed by atoms with van der Waals surface area (Å²) < 4.78 is 19.5. The molecule has 0 amide bonds. The van der Waals surface area contributed by atoms with Crippen LogP contribution < -0.4 is 10.5 Å². The molecule has 0 saturated carbocycles. The maximum atomic E-state index is 13.5. The summed E-state index contributed by atoms with van der Waals surface area (Å²) >= 11 is 14.8. The molecule has 3 N–H and O–H groups in total. The second-order valence-electron chi connectivity index (χ2n) is 3.92. The van der Waals surface area contributed by atoms with Gasteiger partial charge in [0, 0.05) is 17.2 Å². The minimum absolute atomic E-state index is 0.0445. The van der Waals surface area contributed by atoms with E-state index in [0.717, 1.165) is 6.07 Å². The van der Waals surface area contributed by atoms with Gasteiger partial charge in [-0.2, -0.15) is 0 Å². The van der Waals surface area contributed by atoms with Crippen molar-refractivity contribution in [1.29, 1.82) is 0 Å². The molecule has 0 bridgehead atoms. The highest BCUT2D eigenvalue weighted by atomic mass is 79.9. The van der Waals surface area contributed by atoms with Gasteiger partial charge in [0.1, 0.15) is 17.3 Å². The Balaban J connectivity index is 2.49. The predicted octanol–water partition coefficient (Wildman–Crippen LogP) is 4.78. The summed E-state index contributed by atoms with van der Waals surface area (Å²) in [6.07, 6.45) is 0. The highest BCUT2D eigenvalue weighted by Crippen LogP contribution is 2.35. The van der Waals surface area contributed by atoms with Crippen LogP contribution in [-0.4, -0.2) is 11.0 Å². The zero-order valence-electron chi connectivity index (χ0n) is 10.3. The fraction of sp³-hybridized carbons (Fsp3) is 0. The van der Waals surface area contributed by atoms with Crippen molar-refractivity contribution < 1.29 is 14.3 Å². The lowest BCUT2D eigenvalue weighted by atomic mass is 10.2. The summed E-state index contributed by atoms with van der Waals surface area (Å²) in [5.41, 5.74) is 5.87. The number of amidine groups is 1. The Kier molecular flexibility index (Phi) is 4.92. The molecule has 0 fully saturated rings. The zero-order chi connectivity index (χ0) is 15.6. The van der Waals surface area contributed by atoms with Crippen molar-refractivity contribution in [2.45, 2.75) is 0 Å². The molecular weight excluding hydrogens is 386 g/mol. The smallest absolute Gasteiger partial charge is 0.173 e. The molecular formula is C13H8BrCl2FN2O2. The average Bonchev–Trinajstić information content (AvgIpc) is 2.44. The van der Waals surface area contributed by atoms with E-state index in [2.05, 4.69) is 21.1 Å². The molecule has 21 heavy (non-hydrogen) atoms. The molecule has 8 heteroatoms. The number of nitrogens with two attached hydrogens (primary N) is 1. The lowest BCUT2D eigenvalue weighted by molar-refractivity contribution is 0.318. The van der Waals surface area contributed by atoms with Gasteiger partial charge in [0.25, 0.3) is 0 Å². The summed E-state index contributed by atoms with van der Waals surface area (Å²) in [5.74, 6) is -0.416. The van der Waals surface area contributed by atoms with E-state index in [1.54, 1.807) is 6.07 Å². The first-order valence-electron chi connectivity index (χ1n) is 5.52. The Morgan fingerprint density at radius 1 is 1.24 bits per heavy atom. The number of halogens is 4. The predicted molar refractivity (Wildman–Crippen MR) is 83.1 cm³/mol. The molecule has 0 atom stereocenters. The first-order valence-corrected chi connectivity index (χ1v) is 7.07. The molecule has 0 spiro atoms. The molecule has 0 aromatic heterocycles. The van der Waals surface area contributed by atoms with Crippen LogP contribution in [0.1, 0.15) is 5.56 Å². The molecule has 0 heterocycles. The third-order valence-electron chi connectivity index (χ3n) is 2.52. The van der Waals surface area contributed by atoms with E-state index in [-0.39, 0.29) is 22.4 Å². The Labute approximate surface area is 138 Å². The molecule has 0 aliphatic carbocycles. The normalized spacial score (nSPS) is 11.5. The van der Waals surface area contributed by atoms with Crippen LogP contribution in [-0.2, 0) is 0 Å². The van der Waals surface area contributed by atoms with Crippen molar-refractivity contribution in [2.75, 3.05) is 0 Å². The molecule has 2 aromatic carbocycles. The van der Waals surface area contributed by atoms with Crippen molar-refractivity contribution in [3.05, 3.63) is 56.2 Å². The third kappa shape index (κ3) is 3.58. The number of hydrogen-bond acceptors (Lipinski definition) is 3. The minimum atomic E-state index is -0.637. The summed E-state index contributed by atoms with van der Waals surface area (Å²) in [6.45, 7) is 0. The number of rotatable bonds is 3. The van der Waals surface area contributed by atoms with Crippen LogP contribution in [0.3, 0.4) is 0 Å². The van der Waals surface area contributed by atoms with Crippen LogP contribution in [0.5, 0.6) is 11.5 Å². The van der Waals surface area contributed by atoms with Crippen molar-refractivity contribution in [2.24, 2.45) is 10.9 Å². The minimum Gasteiger partial charge on any atom is -0.455 e. The Morgan fingerprint density at radius 3 is 2.62 bits per heavy atom. The monoisotopic (exact) mass is 392 g/mol. The van der Waals surface area contributed by atoms with Crippen LogP contribution in [0, 0.1) is 5.82 Å². The number of benzene rings is 2. The quantitative estimate of drug-likeness (QED) is 0.259. The molecule has 2 rings (SSSR count). The van der Waals surface area contributed by atoms with Crippen molar-refractivity contribution in [3.63, 3.8) is 0 Å². The lowest BCUT2D eigenvalue weighted by Crippen LogP contribution is -2.14. The molecule has 0 aliphatic rings. The average molecular weight is 394 g/mol. The van der Waals surface area contributed by atoms with Crippen LogP contribution in [0.25, 0.3) is 0 Å². The van der Waals surface area contributed by atoms with Gasteiger partial charge in [-0.05, 0) is 34.1 Å². The fourth-order valence-corrected chi connectivity index (χ4v) is 2.43. The third-order valence-corrected chi connectivity index (χ3v) is 3.67. The van der Waals surface area contributed by atoms with Gasteiger partial charge < -0.3 is 15.7 Å². The number of hydrogen-bond donors (Lipinski definition) is 2. The van der Waals surface area contributed by atoms with E-state index in [4.69, 9.17) is 38.9 Å². The highest BCUT2D eigenvalue weighted by molar-refractivity contribution is 9.10. The van der Waals surface area contributed by atoms with E-state index >= 15 is 0 Å². The zero-order valence-corrected chi connectivity index (χ0v) is 13.4. The van der Waals surface area contributed by atoms with Gasteiger partial charge in [-0.3, -0.25) is 0 Å². The van der Waals surface area contributed by atoms with E-state index in [1.165, 1.54) is 18.2 Å². The molecule has 0 aliphatic heterocycles. The Bertz CT molecular complexity index is 726. The Hall–Kier alpha value is -1.50. The van der Waals surface area contributed by atoms with Gasteiger partial charge in [-0.15, -0.1) is 0 Å². The first-order chi connectivity index (χ1) is 9.92. The second kappa shape index (κ2) is 6.51. The van der Waals surface area contributed by atoms with Gasteiger partial charge in [-0.1, -0.05) is 28.4 Å². The van der Waals surface area contributed by atoms with Crippen LogP contribution >= 0.6 is 39.1 Å². The Morgan fingerprint density at radius 2 is 1.95 bits per heavy atom. The van der Waals surface area contributed by atoms with Crippen LogP contribution in [0.2, 0.25) is 10.0 Å². The maximum absolute atomic E-state index is 13.5. The van der Waals surface area contributed by atoms with Gasteiger partial charge in [-0.25, -0.2) is 4.39 Å². The van der Waals surface area contributed by atoms with Gasteiger partial charge >= 0.3 is 0 Å². The summed E-state index contributed by atoms with van der Waals surface area (Å²) in [5, 5.41) is 12.0. The highest BCUT2D eigenvalue weighted by Gasteiger charge is 2.14. The van der Waals surface area contributed by atoms with Crippen molar-refractivity contribution >= 4 is 45.0 Å². The summed E-state index contributed by atoms with van der Waals surface area (Å²) in [6, 6.07) is 7.02. The molecule has 0 radical (unpaired) electrons. The molecule has 110 valence electrons. The topological polar surface area (TPSA) is 67.8 Å². The van der Waals surface area contributed by atoms with E-state index < -0.39 is 5.82 Å². The first kappa shape index (κ1) is 15.9. The number of oxime groups is 1. The van der Waals surface area contributed by atoms with Crippen molar-refractivity contribution in [1.82, 2.24) is 0 Å². The molecule has 2 aromatic rings. The largest absolute Gasteiger partial charge is 0.455 e. The summed E-state index contributed by atoms with van der Waals surface area (Å²) in [7, 11) is 0. The molecule has 0 unspecified atom stereocenters. The van der Waals surface area contributed by atoms with Crippen LogP contribution in [0.15, 0.2) is 40.0 Å². The SMILES string of the molecule is N/C(=N/O)c1ccc(Cl)cc1Oc1cc(F)c(Cl)cc1Br. The molecule has 4 nitrogen and oxygen atoms in total. The van der Waals surface area contributed by atoms with Gasteiger partial charge in [0.05, 0.1) is 15.1 Å². The number of ether oxygens (including phenoxy) is 1. The van der Waals surface area contributed by atoms with Gasteiger partial charge in [0.2, 0.25) is 0 Å². The van der Waals surface area contributed by atoms with E-state index in [9.17, 15) is 4.39 Å². The fourth-order valence-electron chi connectivity index (χ4n) is 1.55. The molecule has 0 saturated heterocycles. The van der Waals surface area contributed by atoms with E-state index in [0.29, 0.717) is 15.1 Å². The summed E-state index contributed by atoms with van der Waals surface area (Å²) in [4.78, 5) is 0. The number of nitrogens with zero attached hydrogens (tertiary/aromatic N) is 1. The lowest BCUT2D eigenvalue weighted by Gasteiger charge is -2.12.